The monoisotopic (exact) mass is 1010 g/mol. The van der Waals surface area contributed by atoms with Crippen LogP contribution in [0.3, 0.4) is 0 Å². The number of carbonyl (C=O) groups is 3. The molecular formula is C66H122O6. The first kappa shape index (κ1) is 69.6. The van der Waals surface area contributed by atoms with E-state index in [0.717, 1.165) is 70.6 Å². The van der Waals surface area contributed by atoms with Crippen molar-refractivity contribution in [1.82, 2.24) is 0 Å². The molecule has 422 valence electrons. The molecule has 0 aliphatic carbocycles. The zero-order valence-electron chi connectivity index (χ0n) is 48.5. The lowest BCUT2D eigenvalue weighted by atomic mass is 10.0. The van der Waals surface area contributed by atoms with Crippen molar-refractivity contribution in [3.8, 4) is 0 Å². The van der Waals surface area contributed by atoms with Gasteiger partial charge in [-0.2, -0.15) is 0 Å². The van der Waals surface area contributed by atoms with Gasteiger partial charge in [0, 0.05) is 19.3 Å². The molecule has 0 heterocycles. The van der Waals surface area contributed by atoms with Crippen LogP contribution in [0.2, 0.25) is 0 Å². The highest BCUT2D eigenvalue weighted by atomic mass is 16.6. The van der Waals surface area contributed by atoms with Crippen LogP contribution in [0.15, 0.2) is 36.5 Å². The fourth-order valence-corrected chi connectivity index (χ4v) is 9.53. The van der Waals surface area contributed by atoms with Gasteiger partial charge in [-0.3, -0.25) is 14.4 Å². The predicted molar refractivity (Wildman–Crippen MR) is 312 cm³/mol. The highest BCUT2D eigenvalue weighted by Crippen LogP contribution is 2.17. The van der Waals surface area contributed by atoms with Gasteiger partial charge in [-0.1, -0.05) is 288 Å². The first-order valence-electron chi connectivity index (χ1n) is 32.0. The Hall–Kier alpha value is -2.37. The molecule has 0 spiro atoms. The predicted octanol–water partition coefficient (Wildman–Crippen LogP) is 21.6. The van der Waals surface area contributed by atoms with Crippen molar-refractivity contribution < 1.29 is 28.6 Å². The normalized spacial score (nSPS) is 12.2. The summed E-state index contributed by atoms with van der Waals surface area (Å²) in [6, 6.07) is 0. The summed E-state index contributed by atoms with van der Waals surface area (Å²) in [6.45, 7) is 6.65. The maximum atomic E-state index is 12.8. The van der Waals surface area contributed by atoms with E-state index in [4.69, 9.17) is 14.2 Å². The number of hydrogen-bond donors (Lipinski definition) is 0. The van der Waals surface area contributed by atoms with Crippen LogP contribution < -0.4 is 0 Å². The van der Waals surface area contributed by atoms with Gasteiger partial charge in [0.1, 0.15) is 13.2 Å². The van der Waals surface area contributed by atoms with E-state index in [-0.39, 0.29) is 31.1 Å². The molecule has 0 aromatic rings. The summed E-state index contributed by atoms with van der Waals surface area (Å²) in [5.41, 5.74) is 0. The Kier molecular flexibility index (Phi) is 59.2. The van der Waals surface area contributed by atoms with Gasteiger partial charge >= 0.3 is 17.9 Å². The van der Waals surface area contributed by atoms with Crippen molar-refractivity contribution in [3.63, 3.8) is 0 Å². The van der Waals surface area contributed by atoms with E-state index in [1.54, 1.807) is 0 Å². The van der Waals surface area contributed by atoms with Crippen molar-refractivity contribution in [2.45, 2.75) is 354 Å². The summed E-state index contributed by atoms with van der Waals surface area (Å²) < 4.78 is 16.9. The van der Waals surface area contributed by atoms with E-state index >= 15 is 0 Å². The number of hydrogen-bond acceptors (Lipinski definition) is 6. The molecule has 0 aromatic heterocycles. The van der Waals surface area contributed by atoms with Crippen LogP contribution in [0.4, 0.5) is 0 Å². The van der Waals surface area contributed by atoms with Crippen LogP contribution >= 0.6 is 0 Å². The largest absolute Gasteiger partial charge is 0.462 e. The third-order valence-corrected chi connectivity index (χ3v) is 14.4. The number of unbranched alkanes of at least 4 members (excludes halogenated alkanes) is 42. The lowest BCUT2D eigenvalue weighted by Gasteiger charge is -2.18. The molecule has 0 fully saturated rings. The van der Waals surface area contributed by atoms with E-state index in [1.165, 1.54) is 238 Å². The molecule has 6 heteroatoms. The molecule has 0 saturated heterocycles. The third kappa shape index (κ3) is 58.5. The van der Waals surface area contributed by atoms with Crippen molar-refractivity contribution in [3.05, 3.63) is 36.5 Å². The Bertz CT molecular complexity index is 1210. The maximum absolute atomic E-state index is 12.8. The van der Waals surface area contributed by atoms with E-state index in [2.05, 4.69) is 57.2 Å². The minimum Gasteiger partial charge on any atom is -0.462 e. The topological polar surface area (TPSA) is 78.9 Å². The summed E-state index contributed by atoms with van der Waals surface area (Å²) in [6.07, 6.45) is 74.5. The van der Waals surface area contributed by atoms with E-state index in [0.29, 0.717) is 19.3 Å². The lowest BCUT2D eigenvalue weighted by Crippen LogP contribution is -2.30. The fourth-order valence-electron chi connectivity index (χ4n) is 9.53. The second-order valence-corrected chi connectivity index (χ2v) is 21.7. The zero-order chi connectivity index (χ0) is 52.2. The molecule has 0 saturated carbocycles. The molecule has 0 aliphatic rings. The molecule has 0 amide bonds. The summed E-state index contributed by atoms with van der Waals surface area (Å²) in [4.78, 5) is 38.2. The molecule has 0 bridgehead atoms. The molecule has 0 radical (unpaired) electrons. The van der Waals surface area contributed by atoms with Crippen molar-refractivity contribution in [2.75, 3.05) is 13.2 Å². The maximum Gasteiger partial charge on any atom is 0.306 e. The molecule has 0 aliphatic heterocycles. The summed E-state index contributed by atoms with van der Waals surface area (Å²) in [5.74, 6) is -0.859. The van der Waals surface area contributed by atoms with Gasteiger partial charge in [0.05, 0.1) is 0 Å². The first-order valence-corrected chi connectivity index (χ1v) is 32.0. The molecule has 1 atom stereocenters. The van der Waals surface area contributed by atoms with Gasteiger partial charge in [-0.15, -0.1) is 0 Å². The van der Waals surface area contributed by atoms with Crippen LogP contribution in [-0.4, -0.2) is 37.2 Å². The molecule has 0 N–H and O–H groups in total. The SMILES string of the molecule is CCCCCCC/C=C\C/C=C\CCCCCCCCCCCCCCCCCCCC(=O)OCC(COC(=O)CCCCCCCCCCCCC)OC(=O)CCCCCCC/C=C\CCCCCCC. The third-order valence-electron chi connectivity index (χ3n) is 14.4. The Morgan fingerprint density at radius 2 is 0.500 bits per heavy atom. The number of esters is 3. The van der Waals surface area contributed by atoms with E-state index in [1.807, 2.05) is 0 Å². The van der Waals surface area contributed by atoms with Crippen LogP contribution in [0, 0.1) is 0 Å². The van der Waals surface area contributed by atoms with E-state index in [9.17, 15) is 14.4 Å². The zero-order valence-corrected chi connectivity index (χ0v) is 48.5. The molecule has 0 rings (SSSR count). The number of rotatable bonds is 59. The summed E-state index contributed by atoms with van der Waals surface area (Å²) in [7, 11) is 0. The Morgan fingerprint density at radius 3 is 0.778 bits per heavy atom. The van der Waals surface area contributed by atoms with Crippen molar-refractivity contribution in [1.29, 1.82) is 0 Å². The highest BCUT2D eigenvalue weighted by molar-refractivity contribution is 5.71. The minimum atomic E-state index is -0.772. The van der Waals surface area contributed by atoms with Crippen LogP contribution in [0.5, 0.6) is 0 Å². The van der Waals surface area contributed by atoms with Crippen molar-refractivity contribution in [2.24, 2.45) is 0 Å². The lowest BCUT2D eigenvalue weighted by molar-refractivity contribution is -0.167. The summed E-state index contributed by atoms with van der Waals surface area (Å²) in [5, 5.41) is 0. The Balaban J connectivity index is 4.12. The fraction of sp³-hybridized carbons (Fsp3) is 0.864. The average Bonchev–Trinajstić information content (AvgIpc) is 3.38. The van der Waals surface area contributed by atoms with Crippen LogP contribution in [0.1, 0.15) is 348 Å². The smallest absolute Gasteiger partial charge is 0.306 e. The number of ether oxygens (including phenoxy) is 3. The van der Waals surface area contributed by atoms with Gasteiger partial charge < -0.3 is 14.2 Å². The van der Waals surface area contributed by atoms with Gasteiger partial charge in [0.15, 0.2) is 6.10 Å². The highest BCUT2D eigenvalue weighted by Gasteiger charge is 2.19. The van der Waals surface area contributed by atoms with Crippen molar-refractivity contribution >= 4 is 17.9 Å². The second-order valence-electron chi connectivity index (χ2n) is 21.7. The molecule has 6 nitrogen and oxygen atoms in total. The molecule has 72 heavy (non-hydrogen) atoms. The van der Waals surface area contributed by atoms with Crippen LogP contribution in [-0.2, 0) is 28.6 Å². The number of carbonyl (C=O) groups excluding carboxylic acids is 3. The summed E-state index contributed by atoms with van der Waals surface area (Å²) >= 11 is 0. The Labute approximate surface area is 448 Å². The number of allylic oxidation sites excluding steroid dienone is 6. The van der Waals surface area contributed by atoms with Gasteiger partial charge in [-0.05, 0) is 77.0 Å². The molecule has 1 unspecified atom stereocenters. The standard InChI is InChI=1S/C66H122O6/c1-4-7-10-13-16-19-22-24-26-27-28-29-30-31-32-33-34-35-36-37-38-39-40-42-44-47-50-53-56-59-65(68)71-62-63(61-70-64(67)58-55-52-49-46-43-21-18-15-12-9-6-3)72-66(69)60-57-54-51-48-45-41-25-23-20-17-14-11-8-5-2/h22-25,27-28,63H,4-21,26,29-62H2,1-3H3/b24-22-,25-23-,28-27-. The quantitative estimate of drug-likeness (QED) is 0.0261. The Morgan fingerprint density at radius 1 is 0.278 bits per heavy atom. The second kappa shape index (κ2) is 61.2. The minimum absolute atomic E-state index is 0.0705. The first-order chi connectivity index (χ1) is 35.5. The van der Waals surface area contributed by atoms with Gasteiger partial charge in [-0.25, -0.2) is 0 Å². The van der Waals surface area contributed by atoms with Crippen LogP contribution in [0.25, 0.3) is 0 Å². The average molecular weight is 1010 g/mol. The van der Waals surface area contributed by atoms with E-state index < -0.39 is 6.10 Å². The molecular weight excluding hydrogens is 889 g/mol. The van der Waals surface area contributed by atoms with Gasteiger partial charge in [0.25, 0.3) is 0 Å². The van der Waals surface area contributed by atoms with Gasteiger partial charge in [0.2, 0.25) is 0 Å². The molecule has 0 aromatic carbocycles.